The summed E-state index contributed by atoms with van der Waals surface area (Å²) in [6, 6.07) is 7.52. The van der Waals surface area contributed by atoms with Gasteiger partial charge in [0.15, 0.2) is 0 Å². The van der Waals surface area contributed by atoms with Crippen LogP contribution in [0, 0.1) is 0 Å². The molecular formula is C18H21Cl2F2N5O. The van der Waals surface area contributed by atoms with Crippen molar-refractivity contribution in [3.8, 4) is 0 Å². The van der Waals surface area contributed by atoms with E-state index >= 15 is 0 Å². The molecule has 0 bridgehead atoms. The number of alkyl halides is 2. The number of carbonyl (C=O) groups is 1. The molecule has 2 N–H and O–H groups in total. The fourth-order valence-corrected chi connectivity index (χ4v) is 3.68. The first-order valence-electron chi connectivity index (χ1n) is 8.82. The molecule has 152 valence electrons. The van der Waals surface area contributed by atoms with Gasteiger partial charge in [0.05, 0.1) is 10.7 Å². The third kappa shape index (κ3) is 4.39. The van der Waals surface area contributed by atoms with Crippen LogP contribution in [0.2, 0.25) is 10.0 Å². The highest BCUT2D eigenvalue weighted by Gasteiger charge is 2.34. The first-order chi connectivity index (χ1) is 13.2. The van der Waals surface area contributed by atoms with E-state index in [0.29, 0.717) is 38.1 Å². The summed E-state index contributed by atoms with van der Waals surface area (Å²) in [6.45, 7) is 2.81. The van der Waals surface area contributed by atoms with Crippen LogP contribution in [0.1, 0.15) is 18.3 Å². The number of benzene rings is 1. The first kappa shape index (κ1) is 20.8. The lowest BCUT2D eigenvalue weighted by atomic mass is 10.2. The molecule has 1 saturated heterocycles. The zero-order chi connectivity index (χ0) is 20.5. The van der Waals surface area contributed by atoms with Crippen LogP contribution in [0.3, 0.4) is 0 Å². The standard InChI is InChI=1S/C18H21Cl2F2N5O/c1-18(21,22)17-16(20)14(10-23)27(24-17)11-15(28)26-8-6-25(7-9-26)13-4-2-12(19)3-5-13/h2-5H,6-11,23H2,1H3. The van der Waals surface area contributed by atoms with E-state index in [2.05, 4.69) is 10.00 Å². The maximum Gasteiger partial charge on any atom is 0.290 e. The summed E-state index contributed by atoms with van der Waals surface area (Å²) in [5, 5.41) is 4.33. The van der Waals surface area contributed by atoms with Crippen molar-refractivity contribution in [3.05, 3.63) is 45.7 Å². The second-order valence-electron chi connectivity index (χ2n) is 6.70. The van der Waals surface area contributed by atoms with Crippen LogP contribution >= 0.6 is 23.2 Å². The molecule has 1 aliphatic heterocycles. The van der Waals surface area contributed by atoms with Crippen LogP contribution in [-0.4, -0.2) is 46.8 Å². The van der Waals surface area contributed by atoms with Gasteiger partial charge in [0, 0.05) is 50.4 Å². The van der Waals surface area contributed by atoms with Gasteiger partial charge in [-0.25, -0.2) is 0 Å². The minimum Gasteiger partial charge on any atom is -0.368 e. The lowest BCUT2D eigenvalue weighted by Gasteiger charge is -2.36. The highest BCUT2D eigenvalue weighted by Crippen LogP contribution is 2.34. The quantitative estimate of drug-likeness (QED) is 0.789. The predicted octanol–water partition coefficient (Wildman–Crippen LogP) is 3.11. The predicted molar refractivity (Wildman–Crippen MR) is 105 cm³/mol. The maximum atomic E-state index is 13.7. The molecule has 1 fully saturated rings. The monoisotopic (exact) mass is 431 g/mol. The molecule has 1 amide bonds. The van der Waals surface area contributed by atoms with E-state index in [0.717, 1.165) is 5.69 Å². The number of halogens is 4. The molecule has 0 aliphatic carbocycles. The second kappa shape index (κ2) is 8.23. The highest BCUT2D eigenvalue weighted by molar-refractivity contribution is 6.32. The van der Waals surface area contributed by atoms with Crippen LogP contribution in [0.25, 0.3) is 0 Å². The zero-order valence-electron chi connectivity index (χ0n) is 15.3. The summed E-state index contributed by atoms with van der Waals surface area (Å²) in [7, 11) is 0. The third-order valence-electron chi connectivity index (χ3n) is 4.71. The molecule has 1 aromatic heterocycles. The van der Waals surface area contributed by atoms with E-state index in [1.807, 2.05) is 24.3 Å². The number of carbonyl (C=O) groups excluding carboxylic acids is 1. The number of amides is 1. The molecule has 0 radical (unpaired) electrons. The molecule has 6 nitrogen and oxygen atoms in total. The molecule has 2 aromatic rings. The van der Waals surface area contributed by atoms with Crippen molar-refractivity contribution in [3.63, 3.8) is 0 Å². The molecule has 10 heteroatoms. The summed E-state index contributed by atoms with van der Waals surface area (Å²) >= 11 is 11.9. The van der Waals surface area contributed by atoms with E-state index < -0.39 is 11.6 Å². The van der Waals surface area contributed by atoms with Gasteiger partial charge in [0.2, 0.25) is 5.91 Å². The van der Waals surface area contributed by atoms with E-state index in [1.54, 1.807) is 4.90 Å². The summed E-state index contributed by atoms with van der Waals surface area (Å²) < 4.78 is 28.5. The Morgan fingerprint density at radius 3 is 2.32 bits per heavy atom. The number of nitrogens with two attached hydrogens (primary N) is 1. The summed E-state index contributed by atoms with van der Waals surface area (Å²) in [6.07, 6.45) is 0. The molecule has 2 heterocycles. The second-order valence-corrected chi connectivity index (χ2v) is 7.52. The van der Waals surface area contributed by atoms with Gasteiger partial charge >= 0.3 is 0 Å². The van der Waals surface area contributed by atoms with Crippen molar-refractivity contribution in [1.29, 1.82) is 0 Å². The van der Waals surface area contributed by atoms with E-state index in [-0.39, 0.29) is 29.7 Å². The first-order valence-corrected chi connectivity index (χ1v) is 9.58. The Morgan fingerprint density at radius 1 is 1.18 bits per heavy atom. The van der Waals surface area contributed by atoms with E-state index in [9.17, 15) is 13.6 Å². The van der Waals surface area contributed by atoms with Crippen LogP contribution in [0.4, 0.5) is 14.5 Å². The molecule has 0 unspecified atom stereocenters. The fourth-order valence-electron chi connectivity index (χ4n) is 3.18. The molecular weight excluding hydrogens is 411 g/mol. The number of nitrogens with zero attached hydrogens (tertiary/aromatic N) is 4. The Kier molecular flexibility index (Phi) is 6.12. The lowest BCUT2D eigenvalue weighted by molar-refractivity contribution is -0.132. The van der Waals surface area contributed by atoms with Crippen LogP contribution in [-0.2, 0) is 23.8 Å². The largest absolute Gasteiger partial charge is 0.368 e. The van der Waals surface area contributed by atoms with Gasteiger partial charge < -0.3 is 15.5 Å². The topological polar surface area (TPSA) is 67.4 Å². The summed E-state index contributed by atoms with van der Waals surface area (Å²) in [5.74, 6) is -3.42. The van der Waals surface area contributed by atoms with Crippen molar-refractivity contribution in [2.45, 2.75) is 25.9 Å². The number of piperazine rings is 1. The molecule has 0 spiro atoms. The molecule has 1 aromatic carbocycles. The average Bonchev–Trinajstić information content (AvgIpc) is 2.98. The smallest absolute Gasteiger partial charge is 0.290 e. The van der Waals surface area contributed by atoms with Gasteiger partial charge in [0.25, 0.3) is 5.92 Å². The van der Waals surface area contributed by atoms with Gasteiger partial charge in [0.1, 0.15) is 12.2 Å². The number of hydrogen-bond acceptors (Lipinski definition) is 4. The van der Waals surface area contributed by atoms with Crippen molar-refractivity contribution in [1.82, 2.24) is 14.7 Å². The lowest BCUT2D eigenvalue weighted by Crippen LogP contribution is -2.49. The molecule has 0 atom stereocenters. The summed E-state index contributed by atoms with van der Waals surface area (Å²) in [5.41, 5.74) is 6.33. The van der Waals surface area contributed by atoms with Crippen molar-refractivity contribution in [2.75, 3.05) is 31.1 Å². The van der Waals surface area contributed by atoms with Gasteiger partial charge in [-0.3, -0.25) is 9.48 Å². The Hall–Kier alpha value is -1.90. The number of aromatic nitrogens is 2. The number of hydrogen-bond donors (Lipinski definition) is 1. The zero-order valence-corrected chi connectivity index (χ0v) is 16.9. The number of anilines is 1. The third-order valence-corrected chi connectivity index (χ3v) is 5.36. The number of rotatable bonds is 5. The Bertz CT molecular complexity index is 843. The van der Waals surface area contributed by atoms with Gasteiger partial charge in [-0.15, -0.1) is 0 Å². The minimum absolute atomic E-state index is 0.0838. The fraction of sp³-hybridized carbons (Fsp3) is 0.444. The minimum atomic E-state index is -3.21. The van der Waals surface area contributed by atoms with Gasteiger partial charge in [-0.2, -0.15) is 13.9 Å². The maximum absolute atomic E-state index is 13.7. The van der Waals surface area contributed by atoms with Gasteiger partial charge in [-0.05, 0) is 24.3 Å². The highest BCUT2D eigenvalue weighted by atomic mass is 35.5. The van der Waals surface area contributed by atoms with Crippen molar-refractivity contribution in [2.24, 2.45) is 5.73 Å². The Morgan fingerprint density at radius 2 is 1.79 bits per heavy atom. The average molecular weight is 432 g/mol. The normalized spacial score (nSPS) is 15.2. The van der Waals surface area contributed by atoms with Crippen LogP contribution < -0.4 is 10.6 Å². The van der Waals surface area contributed by atoms with Gasteiger partial charge in [-0.1, -0.05) is 23.2 Å². The van der Waals surface area contributed by atoms with E-state index in [1.165, 1.54) is 4.68 Å². The molecule has 28 heavy (non-hydrogen) atoms. The van der Waals surface area contributed by atoms with Crippen LogP contribution in [0.15, 0.2) is 24.3 Å². The van der Waals surface area contributed by atoms with Crippen LogP contribution in [0.5, 0.6) is 0 Å². The Labute approximate surface area is 171 Å². The van der Waals surface area contributed by atoms with Crippen molar-refractivity contribution < 1.29 is 13.6 Å². The SMILES string of the molecule is CC(F)(F)c1nn(CC(=O)N2CCN(c3ccc(Cl)cc3)CC2)c(CN)c1Cl. The Balaban J connectivity index is 1.66. The van der Waals surface area contributed by atoms with Crippen molar-refractivity contribution >= 4 is 34.8 Å². The van der Waals surface area contributed by atoms with E-state index in [4.69, 9.17) is 28.9 Å². The molecule has 1 aliphatic rings. The molecule has 0 saturated carbocycles. The molecule has 3 rings (SSSR count). The summed E-state index contributed by atoms with van der Waals surface area (Å²) in [4.78, 5) is 16.5.